The lowest BCUT2D eigenvalue weighted by atomic mass is 9.81. The maximum absolute atomic E-state index is 14.2. The molecule has 1 saturated heterocycles. The molecule has 1 aromatic rings. The molecule has 2 heterocycles. The number of methoxy groups -OCH3 is 1. The summed E-state index contributed by atoms with van der Waals surface area (Å²) in [4.78, 5) is 42.8. The second-order valence-electron chi connectivity index (χ2n) is 12.8. The Kier molecular flexibility index (Phi) is 10.8. The minimum atomic E-state index is -0.449. The van der Waals surface area contributed by atoms with Gasteiger partial charge in [-0.2, -0.15) is 0 Å². The van der Waals surface area contributed by atoms with E-state index in [0.717, 1.165) is 69.1 Å². The Bertz CT molecular complexity index is 1120. The van der Waals surface area contributed by atoms with E-state index < -0.39 is 5.97 Å². The SMILES string of the molecule is COC(=O)c1sc(C#CC(C)(C)C)cc1N(C(=O)[C@H]1CC[C@H](C)CC1)C1CCC(NC(=O)OC2CCOCC2)CC1. The molecule has 9 heteroatoms. The number of carbonyl (C=O) groups excluding carboxylic acids is 3. The van der Waals surface area contributed by atoms with Crippen molar-refractivity contribution in [3.05, 3.63) is 15.8 Å². The first kappa shape index (κ1) is 31.4. The first-order chi connectivity index (χ1) is 19.5. The number of carbonyl (C=O) groups is 3. The van der Waals surface area contributed by atoms with Crippen LogP contribution in [0.15, 0.2) is 6.07 Å². The number of nitrogens with one attached hydrogen (secondary N) is 1. The van der Waals surface area contributed by atoms with Gasteiger partial charge in [-0.1, -0.05) is 18.8 Å². The summed E-state index contributed by atoms with van der Waals surface area (Å²) >= 11 is 1.29. The molecular weight excluding hydrogens is 540 g/mol. The third-order valence-electron chi connectivity index (χ3n) is 8.33. The number of anilines is 1. The van der Waals surface area contributed by atoms with Crippen molar-refractivity contribution in [3.8, 4) is 11.8 Å². The van der Waals surface area contributed by atoms with Gasteiger partial charge in [-0.15, -0.1) is 11.3 Å². The summed E-state index contributed by atoms with van der Waals surface area (Å²) in [6.07, 6.45) is 7.66. The normalized spacial score (nSPS) is 25.4. The van der Waals surface area contributed by atoms with Crippen LogP contribution in [0.25, 0.3) is 0 Å². The molecule has 8 nitrogen and oxygen atoms in total. The van der Waals surface area contributed by atoms with E-state index >= 15 is 0 Å². The molecule has 226 valence electrons. The number of hydrogen-bond acceptors (Lipinski definition) is 7. The number of rotatable bonds is 6. The molecular formula is C32H46N2O6S. The Morgan fingerprint density at radius 3 is 2.27 bits per heavy atom. The molecule has 2 saturated carbocycles. The first-order valence-corrected chi connectivity index (χ1v) is 16.0. The monoisotopic (exact) mass is 586 g/mol. The molecule has 3 fully saturated rings. The van der Waals surface area contributed by atoms with Gasteiger partial charge in [0.05, 0.1) is 30.9 Å². The van der Waals surface area contributed by atoms with E-state index in [4.69, 9.17) is 14.2 Å². The Hall–Kier alpha value is -2.57. The number of nitrogens with zero attached hydrogens (tertiary/aromatic N) is 1. The van der Waals surface area contributed by atoms with Crippen molar-refractivity contribution in [1.82, 2.24) is 5.32 Å². The van der Waals surface area contributed by atoms with Crippen LogP contribution in [-0.2, 0) is 19.0 Å². The second kappa shape index (κ2) is 14.1. The highest BCUT2D eigenvalue weighted by Crippen LogP contribution is 2.39. The lowest BCUT2D eigenvalue weighted by Gasteiger charge is -2.39. The van der Waals surface area contributed by atoms with Gasteiger partial charge in [0, 0.05) is 36.3 Å². The molecule has 0 aromatic carbocycles. The molecule has 3 aliphatic rings. The van der Waals surface area contributed by atoms with Gasteiger partial charge in [0.1, 0.15) is 11.0 Å². The van der Waals surface area contributed by atoms with Crippen LogP contribution in [0.5, 0.6) is 0 Å². The summed E-state index contributed by atoms with van der Waals surface area (Å²) in [5, 5.41) is 3.04. The highest BCUT2D eigenvalue weighted by Gasteiger charge is 2.38. The maximum Gasteiger partial charge on any atom is 0.407 e. The largest absolute Gasteiger partial charge is 0.465 e. The highest BCUT2D eigenvalue weighted by molar-refractivity contribution is 7.15. The van der Waals surface area contributed by atoms with E-state index in [1.54, 1.807) is 0 Å². The standard InChI is InChI=1S/C32H46N2O6S/c1-21-6-8-22(9-7-21)29(35)34(27-20-26(14-17-32(2,3)4)41-28(27)30(36)38-5)24-12-10-23(11-13-24)33-31(37)40-25-15-18-39-19-16-25/h20-25H,6-13,15-16,18-19H2,1-5H3,(H,33,37)/t21-,22-,23?,24?. The molecule has 1 aliphatic heterocycles. The lowest BCUT2D eigenvalue weighted by molar-refractivity contribution is -0.124. The zero-order valence-corrected chi connectivity index (χ0v) is 26.1. The van der Waals surface area contributed by atoms with Crippen LogP contribution in [0, 0.1) is 29.1 Å². The fourth-order valence-corrected chi connectivity index (χ4v) is 6.85. The number of alkyl carbamates (subject to hydrolysis) is 1. The Balaban J connectivity index is 1.54. The summed E-state index contributed by atoms with van der Waals surface area (Å²) in [5.41, 5.74) is 0.417. The number of esters is 1. The number of ether oxygens (including phenoxy) is 3. The predicted octanol–water partition coefficient (Wildman–Crippen LogP) is 6.31. The molecule has 0 spiro atoms. The highest BCUT2D eigenvalue weighted by atomic mass is 32.1. The van der Waals surface area contributed by atoms with Crippen LogP contribution in [0.2, 0.25) is 0 Å². The third kappa shape index (κ3) is 8.71. The van der Waals surface area contributed by atoms with Crippen LogP contribution in [0.4, 0.5) is 10.5 Å². The zero-order chi connectivity index (χ0) is 29.6. The molecule has 0 bridgehead atoms. The minimum absolute atomic E-state index is 0.0122. The molecule has 4 rings (SSSR count). The van der Waals surface area contributed by atoms with E-state index in [1.807, 2.05) is 31.7 Å². The van der Waals surface area contributed by atoms with Crippen LogP contribution in [-0.4, -0.2) is 56.5 Å². The quantitative estimate of drug-likeness (QED) is 0.310. The molecule has 2 aliphatic carbocycles. The van der Waals surface area contributed by atoms with E-state index in [2.05, 4.69) is 24.1 Å². The van der Waals surface area contributed by atoms with Gasteiger partial charge in [-0.3, -0.25) is 4.79 Å². The van der Waals surface area contributed by atoms with Crippen molar-refractivity contribution in [2.24, 2.45) is 17.3 Å². The molecule has 1 N–H and O–H groups in total. The molecule has 0 unspecified atom stereocenters. The van der Waals surface area contributed by atoms with Crippen LogP contribution >= 0.6 is 11.3 Å². The lowest BCUT2D eigenvalue weighted by Crippen LogP contribution is -2.49. The minimum Gasteiger partial charge on any atom is -0.465 e. The molecule has 2 amide bonds. The van der Waals surface area contributed by atoms with E-state index in [0.29, 0.717) is 29.7 Å². The number of hydrogen-bond donors (Lipinski definition) is 1. The Labute approximate surface area is 248 Å². The fourth-order valence-electron chi connectivity index (χ4n) is 5.93. The van der Waals surface area contributed by atoms with Gasteiger partial charge in [-0.25, -0.2) is 9.59 Å². The molecule has 41 heavy (non-hydrogen) atoms. The van der Waals surface area contributed by atoms with Crippen molar-refractivity contribution in [3.63, 3.8) is 0 Å². The van der Waals surface area contributed by atoms with Crippen molar-refractivity contribution in [2.45, 2.75) is 110 Å². The van der Waals surface area contributed by atoms with E-state index in [-0.39, 0.29) is 41.5 Å². The van der Waals surface area contributed by atoms with Gasteiger partial charge in [0.25, 0.3) is 0 Å². The summed E-state index contributed by atoms with van der Waals surface area (Å²) in [6, 6.07) is 1.81. The Morgan fingerprint density at radius 1 is 1.00 bits per heavy atom. The summed E-state index contributed by atoms with van der Waals surface area (Å²) in [6.45, 7) is 9.61. The van der Waals surface area contributed by atoms with Crippen molar-refractivity contribution >= 4 is 35.0 Å². The van der Waals surface area contributed by atoms with E-state index in [9.17, 15) is 14.4 Å². The van der Waals surface area contributed by atoms with Crippen LogP contribution in [0.1, 0.15) is 106 Å². The molecule has 0 radical (unpaired) electrons. The number of amides is 2. The van der Waals surface area contributed by atoms with Gasteiger partial charge in [-0.05, 0) is 84.1 Å². The third-order valence-corrected chi connectivity index (χ3v) is 9.35. The van der Waals surface area contributed by atoms with Gasteiger partial charge >= 0.3 is 12.1 Å². The van der Waals surface area contributed by atoms with Gasteiger partial charge in [0.2, 0.25) is 5.91 Å². The average Bonchev–Trinajstić information content (AvgIpc) is 3.37. The zero-order valence-electron chi connectivity index (χ0n) is 25.3. The van der Waals surface area contributed by atoms with Crippen LogP contribution < -0.4 is 10.2 Å². The van der Waals surface area contributed by atoms with Gasteiger partial charge < -0.3 is 24.4 Å². The average molecular weight is 587 g/mol. The van der Waals surface area contributed by atoms with Crippen molar-refractivity contribution in [2.75, 3.05) is 25.2 Å². The molecule has 0 atom stereocenters. The Morgan fingerprint density at radius 2 is 1.66 bits per heavy atom. The maximum atomic E-state index is 14.2. The smallest absolute Gasteiger partial charge is 0.407 e. The van der Waals surface area contributed by atoms with Crippen LogP contribution in [0.3, 0.4) is 0 Å². The van der Waals surface area contributed by atoms with E-state index in [1.165, 1.54) is 18.4 Å². The van der Waals surface area contributed by atoms with Gasteiger partial charge in [0.15, 0.2) is 0 Å². The summed E-state index contributed by atoms with van der Waals surface area (Å²) in [7, 11) is 1.37. The predicted molar refractivity (Wildman–Crippen MR) is 160 cm³/mol. The second-order valence-corrected chi connectivity index (χ2v) is 13.9. The molecule has 1 aromatic heterocycles. The summed E-state index contributed by atoms with van der Waals surface area (Å²) in [5.74, 6) is 6.67. The number of thiophene rings is 1. The van der Waals surface area contributed by atoms with Crippen molar-refractivity contribution in [1.29, 1.82) is 0 Å². The fraction of sp³-hybridized carbons (Fsp3) is 0.719. The topological polar surface area (TPSA) is 94.2 Å². The van der Waals surface area contributed by atoms with Crippen molar-refractivity contribution < 1.29 is 28.6 Å². The summed E-state index contributed by atoms with van der Waals surface area (Å²) < 4.78 is 16.1. The first-order valence-electron chi connectivity index (χ1n) is 15.2.